The fourth-order valence-electron chi connectivity index (χ4n) is 1.34. The van der Waals surface area contributed by atoms with Crippen LogP contribution >= 0.6 is 0 Å². The minimum Gasteiger partial charge on any atom is -0.320 e. The van der Waals surface area contributed by atoms with Crippen LogP contribution in [0.3, 0.4) is 0 Å². The van der Waals surface area contributed by atoms with Crippen LogP contribution in [-0.2, 0) is 0 Å². The van der Waals surface area contributed by atoms with Crippen LogP contribution in [-0.4, -0.2) is 20.8 Å². The second-order valence-electron chi connectivity index (χ2n) is 3.47. The van der Waals surface area contributed by atoms with Crippen LogP contribution in [0.15, 0.2) is 36.8 Å². The molecule has 0 aliphatic rings. The standard InChI is InChI=1S/C11H7FN4O3/c12-8-2-1-7(5-10(8)16(18)19)15-11(17)9-6-13-3-4-14-9/h1-6H,(H,15,17). The molecule has 0 atom stereocenters. The monoisotopic (exact) mass is 262 g/mol. The molecule has 1 N–H and O–H groups in total. The maximum Gasteiger partial charge on any atom is 0.306 e. The number of aromatic nitrogens is 2. The van der Waals surface area contributed by atoms with Crippen LogP contribution in [0.2, 0.25) is 0 Å². The van der Waals surface area contributed by atoms with Crippen LogP contribution in [0.5, 0.6) is 0 Å². The lowest BCUT2D eigenvalue weighted by atomic mass is 10.2. The maximum atomic E-state index is 13.1. The first-order chi connectivity index (χ1) is 9.08. The van der Waals surface area contributed by atoms with Gasteiger partial charge < -0.3 is 5.32 Å². The fraction of sp³-hybridized carbons (Fsp3) is 0. The quantitative estimate of drug-likeness (QED) is 0.671. The summed E-state index contributed by atoms with van der Waals surface area (Å²) in [4.78, 5) is 28.9. The topological polar surface area (TPSA) is 98.0 Å². The first-order valence-corrected chi connectivity index (χ1v) is 5.09. The minimum atomic E-state index is -0.970. The van der Waals surface area contributed by atoms with Gasteiger partial charge in [0, 0.05) is 24.1 Å². The van der Waals surface area contributed by atoms with Gasteiger partial charge in [0.25, 0.3) is 5.91 Å². The molecule has 0 saturated heterocycles. The number of hydrogen-bond acceptors (Lipinski definition) is 5. The third-order valence-electron chi connectivity index (χ3n) is 2.20. The fourth-order valence-corrected chi connectivity index (χ4v) is 1.34. The molecule has 0 radical (unpaired) electrons. The Bertz CT molecular complexity index is 633. The Hall–Kier alpha value is -2.90. The summed E-state index contributed by atoms with van der Waals surface area (Å²) in [5, 5.41) is 12.9. The molecule has 1 aromatic carbocycles. The third kappa shape index (κ3) is 2.86. The molecular formula is C11H7FN4O3. The zero-order valence-electron chi connectivity index (χ0n) is 9.41. The summed E-state index contributed by atoms with van der Waals surface area (Å²) in [5.41, 5.74) is -0.560. The molecular weight excluding hydrogens is 255 g/mol. The molecule has 2 aromatic rings. The molecule has 8 heteroatoms. The second kappa shape index (κ2) is 5.17. The van der Waals surface area contributed by atoms with Crippen molar-refractivity contribution in [1.29, 1.82) is 0 Å². The number of hydrogen-bond donors (Lipinski definition) is 1. The summed E-state index contributed by atoms with van der Waals surface area (Å²) >= 11 is 0. The number of carbonyl (C=O) groups is 1. The smallest absolute Gasteiger partial charge is 0.306 e. The van der Waals surface area contributed by atoms with Crippen LogP contribution < -0.4 is 5.32 Å². The van der Waals surface area contributed by atoms with E-state index in [-0.39, 0.29) is 11.4 Å². The highest BCUT2D eigenvalue weighted by Gasteiger charge is 2.16. The molecule has 1 aromatic heterocycles. The van der Waals surface area contributed by atoms with Gasteiger partial charge in [0.05, 0.1) is 11.1 Å². The summed E-state index contributed by atoms with van der Waals surface area (Å²) in [7, 11) is 0. The Morgan fingerprint density at radius 2 is 2.16 bits per heavy atom. The van der Waals surface area contributed by atoms with E-state index in [1.807, 2.05) is 0 Å². The van der Waals surface area contributed by atoms with Crippen molar-refractivity contribution in [3.63, 3.8) is 0 Å². The number of amides is 1. The highest BCUT2D eigenvalue weighted by atomic mass is 19.1. The van der Waals surface area contributed by atoms with Crippen LogP contribution in [0.4, 0.5) is 15.8 Å². The van der Waals surface area contributed by atoms with Crippen molar-refractivity contribution in [3.05, 3.63) is 58.4 Å². The van der Waals surface area contributed by atoms with Crippen molar-refractivity contribution >= 4 is 17.3 Å². The van der Waals surface area contributed by atoms with Gasteiger partial charge in [-0.25, -0.2) is 4.98 Å². The second-order valence-corrected chi connectivity index (χ2v) is 3.47. The molecule has 0 aliphatic carbocycles. The van der Waals surface area contributed by atoms with E-state index in [1.54, 1.807) is 0 Å². The number of halogens is 1. The average Bonchev–Trinajstić information content (AvgIpc) is 2.41. The lowest BCUT2D eigenvalue weighted by Gasteiger charge is -2.04. The van der Waals surface area contributed by atoms with Gasteiger partial charge >= 0.3 is 5.69 Å². The van der Waals surface area contributed by atoms with Crippen molar-refractivity contribution in [2.75, 3.05) is 5.32 Å². The van der Waals surface area contributed by atoms with E-state index >= 15 is 0 Å². The van der Waals surface area contributed by atoms with Gasteiger partial charge in [0.2, 0.25) is 5.82 Å². The summed E-state index contributed by atoms with van der Waals surface area (Å²) in [6, 6.07) is 3.06. The SMILES string of the molecule is O=C(Nc1ccc(F)c([N+](=O)[O-])c1)c1cnccn1. The Morgan fingerprint density at radius 1 is 1.37 bits per heavy atom. The van der Waals surface area contributed by atoms with E-state index in [0.29, 0.717) is 0 Å². The predicted octanol–water partition coefficient (Wildman–Crippen LogP) is 1.78. The number of nitrogens with zero attached hydrogens (tertiary/aromatic N) is 3. The molecule has 1 heterocycles. The number of rotatable bonds is 3. The Labute approximate surface area is 106 Å². The van der Waals surface area contributed by atoms with Crippen molar-refractivity contribution < 1.29 is 14.1 Å². The summed E-state index contributed by atoms with van der Waals surface area (Å²) in [6.07, 6.45) is 3.98. The Kier molecular flexibility index (Phi) is 3.42. The lowest BCUT2D eigenvalue weighted by molar-refractivity contribution is -0.387. The summed E-state index contributed by atoms with van der Waals surface area (Å²) in [6.45, 7) is 0. The molecule has 0 unspecified atom stereocenters. The molecule has 0 spiro atoms. The van der Waals surface area contributed by atoms with Gasteiger partial charge in [-0.2, -0.15) is 4.39 Å². The van der Waals surface area contributed by atoms with E-state index in [0.717, 1.165) is 12.1 Å². The zero-order chi connectivity index (χ0) is 13.8. The number of nitro groups is 1. The van der Waals surface area contributed by atoms with Gasteiger partial charge in [-0.3, -0.25) is 19.9 Å². The number of nitrogens with one attached hydrogen (secondary N) is 1. The first-order valence-electron chi connectivity index (χ1n) is 5.09. The van der Waals surface area contributed by atoms with E-state index in [2.05, 4.69) is 15.3 Å². The molecule has 0 saturated carbocycles. The van der Waals surface area contributed by atoms with Crippen LogP contribution in [0, 0.1) is 15.9 Å². The van der Waals surface area contributed by atoms with Crippen molar-refractivity contribution in [2.45, 2.75) is 0 Å². The van der Waals surface area contributed by atoms with Gasteiger partial charge in [-0.15, -0.1) is 0 Å². The van der Waals surface area contributed by atoms with Crippen LogP contribution in [0.25, 0.3) is 0 Å². The highest BCUT2D eigenvalue weighted by molar-refractivity contribution is 6.02. The zero-order valence-corrected chi connectivity index (χ0v) is 9.41. The third-order valence-corrected chi connectivity index (χ3v) is 2.20. The number of anilines is 1. The van der Waals surface area contributed by atoms with Crippen molar-refractivity contribution in [2.24, 2.45) is 0 Å². The van der Waals surface area contributed by atoms with Crippen LogP contribution in [0.1, 0.15) is 10.5 Å². The molecule has 19 heavy (non-hydrogen) atoms. The van der Waals surface area contributed by atoms with E-state index in [9.17, 15) is 19.3 Å². The van der Waals surface area contributed by atoms with Crippen molar-refractivity contribution in [3.8, 4) is 0 Å². The van der Waals surface area contributed by atoms with Crippen molar-refractivity contribution in [1.82, 2.24) is 9.97 Å². The number of carbonyl (C=O) groups excluding carboxylic acids is 1. The molecule has 1 amide bonds. The lowest BCUT2D eigenvalue weighted by Crippen LogP contribution is -2.14. The van der Waals surface area contributed by atoms with Gasteiger partial charge in [-0.05, 0) is 12.1 Å². The molecule has 96 valence electrons. The largest absolute Gasteiger partial charge is 0.320 e. The highest BCUT2D eigenvalue weighted by Crippen LogP contribution is 2.21. The normalized spacial score (nSPS) is 9.95. The molecule has 7 nitrogen and oxygen atoms in total. The minimum absolute atomic E-state index is 0.0504. The molecule has 0 bridgehead atoms. The van der Waals surface area contributed by atoms with E-state index in [4.69, 9.17) is 0 Å². The van der Waals surface area contributed by atoms with Gasteiger partial charge in [0.1, 0.15) is 5.69 Å². The average molecular weight is 262 g/mol. The molecule has 2 rings (SSSR count). The van der Waals surface area contributed by atoms with E-state index in [1.165, 1.54) is 24.7 Å². The molecule has 0 aliphatic heterocycles. The Balaban J connectivity index is 2.23. The predicted molar refractivity (Wildman–Crippen MR) is 63.0 cm³/mol. The maximum absolute atomic E-state index is 13.1. The molecule has 0 fully saturated rings. The van der Waals surface area contributed by atoms with Gasteiger partial charge in [-0.1, -0.05) is 0 Å². The van der Waals surface area contributed by atoms with Gasteiger partial charge in [0.15, 0.2) is 0 Å². The summed E-state index contributed by atoms with van der Waals surface area (Å²) < 4.78 is 13.1. The van der Waals surface area contributed by atoms with E-state index < -0.39 is 22.3 Å². The summed E-state index contributed by atoms with van der Waals surface area (Å²) in [5.74, 6) is -1.56. The number of benzene rings is 1. The Morgan fingerprint density at radius 3 is 2.79 bits per heavy atom. The number of nitro benzene ring substituents is 1. The first kappa shape index (κ1) is 12.6.